The number of benzene rings is 10. The molecule has 3 nitrogen and oxygen atoms in total. The number of aromatic nitrogens is 3. The number of hydrogen-bond donors (Lipinski definition) is 0. The highest BCUT2D eigenvalue weighted by Gasteiger charge is 2.23. The summed E-state index contributed by atoms with van der Waals surface area (Å²) in [6.45, 7) is 0. The van der Waals surface area contributed by atoms with Crippen LogP contribution in [0.1, 0.15) is 49.3 Å². The predicted molar refractivity (Wildman–Crippen MR) is 266 cm³/mol. The Kier molecular flexibility index (Phi) is 3.33. The minimum absolute atomic E-state index is 0.461. The molecule has 0 N–H and O–H groups in total. The Morgan fingerprint density at radius 1 is 0.270 bits per heavy atom. The van der Waals surface area contributed by atoms with E-state index in [1.165, 1.54) is 0 Å². The first-order valence-electron chi connectivity index (χ1n) is 36.7. The molecule has 0 bridgehead atoms. The third kappa shape index (κ3) is 5.46. The first-order chi connectivity index (χ1) is 46.2. The predicted octanol–water partition coefficient (Wildman–Crippen LogP) is 16.0. The van der Waals surface area contributed by atoms with E-state index in [-0.39, 0.29) is 0 Å². The van der Waals surface area contributed by atoms with E-state index in [9.17, 15) is 27.4 Å². The van der Waals surface area contributed by atoms with Gasteiger partial charge in [0, 0.05) is 38.0 Å². The summed E-state index contributed by atoms with van der Waals surface area (Å²) < 4.78 is 334. The number of hydrogen-bond acceptors (Lipinski definition) is 0. The van der Waals surface area contributed by atoms with Crippen molar-refractivity contribution in [2.45, 2.75) is 0 Å². The van der Waals surface area contributed by atoms with Crippen LogP contribution in [0.3, 0.4) is 0 Å². The van der Waals surface area contributed by atoms with E-state index in [2.05, 4.69) is 0 Å². The lowest BCUT2D eigenvalue weighted by atomic mass is 9.95. The van der Waals surface area contributed by atoms with Gasteiger partial charge in [-0.2, -0.15) is 0 Å². The second kappa shape index (κ2) is 14.1. The molecule has 0 amide bonds. The molecule has 3 heteroatoms. The lowest BCUT2D eigenvalue weighted by Gasteiger charge is -2.16. The number of rotatable bonds is 6. The standard InChI is InChI=1S/C60H39N3/c1-3-18-40(19-4-1)42-22-15-23-43(36-42)45-37-44(41-20-5-2-6-21-41)38-46(39-45)61-55-32-14-10-27-51(55)59-56(61)33-17-34-57(59)63-54-31-13-9-26-49(54)50-28-16-35-58(60(50)63)62-52-29-11-7-24-47(52)48-25-8-12-30-53(48)62/h1-39H/i1D,2D,3D,4D,5D,6D,7D,8D,9D,10D,11D,12D,13D,14D,15D,16D,17D,18D,19D,20D,21D,22D,23D,24D,25D,26D,27D,28D,29D,30D,31D,32D,33D,34D,35D,36D. The molecule has 3 aromatic heterocycles. The van der Waals surface area contributed by atoms with Crippen molar-refractivity contribution in [3.05, 3.63) is 236 Å². The minimum atomic E-state index is -1.15. The highest BCUT2D eigenvalue weighted by atomic mass is 15.1. The Hall–Kier alpha value is -8.40. The first kappa shape index (κ1) is 14.9. The van der Waals surface area contributed by atoms with E-state index in [1.54, 1.807) is 0 Å². The van der Waals surface area contributed by atoms with Gasteiger partial charge in [0.2, 0.25) is 0 Å². The summed E-state index contributed by atoms with van der Waals surface area (Å²) in [5.74, 6) is 0. The van der Waals surface area contributed by atoms with Crippen molar-refractivity contribution in [2.24, 2.45) is 0 Å². The second-order valence-electron chi connectivity index (χ2n) is 13.8. The normalized spacial score (nSPS) is 19.8. The maximum Gasteiger partial charge on any atom is 0.0782 e. The first-order valence-corrected chi connectivity index (χ1v) is 18.7. The molecule has 10 aromatic carbocycles. The monoisotopic (exact) mass is 838 g/mol. The lowest BCUT2D eigenvalue weighted by molar-refractivity contribution is 1.14. The van der Waals surface area contributed by atoms with Crippen molar-refractivity contribution in [2.75, 3.05) is 0 Å². The van der Waals surface area contributed by atoms with Gasteiger partial charge in [0.25, 0.3) is 0 Å². The van der Waals surface area contributed by atoms with Crippen molar-refractivity contribution in [3.63, 3.8) is 0 Å². The molecule has 0 saturated carbocycles. The van der Waals surface area contributed by atoms with Crippen LogP contribution in [0.15, 0.2) is 236 Å². The smallest absolute Gasteiger partial charge is 0.0782 e. The molecule has 0 fully saturated rings. The van der Waals surface area contributed by atoms with Crippen molar-refractivity contribution < 1.29 is 49.3 Å². The van der Waals surface area contributed by atoms with E-state index in [0.29, 0.717) is 0 Å². The summed E-state index contributed by atoms with van der Waals surface area (Å²) >= 11 is 0. The summed E-state index contributed by atoms with van der Waals surface area (Å²) in [6, 6.07) is -32.1. The molecule has 63 heavy (non-hydrogen) atoms. The fourth-order valence-electron chi connectivity index (χ4n) is 7.98. The molecule has 13 rings (SSSR count). The second-order valence-corrected chi connectivity index (χ2v) is 13.8. The van der Waals surface area contributed by atoms with Gasteiger partial charge < -0.3 is 13.7 Å². The average molecular weight is 838 g/mol. The summed E-state index contributed by atoms with van der Waals surface area (Å²) in [5, 5.41) is -4.02. The van der Waals surface area contributed by atoms with Crippen LogP contribution in [-0.2, 0) is 0 Å². The van der Waals surface area contributed by atoms with Gasteiger partial charge in [-0.25, -0.2) is 0 Å². The van der Waals surface area contributed by atoms with Gasteiger partial charge in [0.15, 0.2) is 0 Å². The van der Waals surface area contributed by atoms with Crippen LogP contribution >= 0.6 is 0 Å². The minimum Gasteiger partial charge on any atom is -0.309 e. The van der Waals surface area contributed by atoms with Gasteiger partial charge in [-0.05, 0) is 99.9 Å². The highest BCUT2D eigenvalue weighted by molar-refractivity contribution is 6.18. The number of para-hydroxylation sites is 5. The van der Waals surface area contributed by atoms with Crippen LogP contribution in [0.4, 0.5) is 0 Å². The Labute approximate surface area is 415 Å². The molecular formula is C60H39N3. The number of fused-ring (bicyclic) bond motifs is 9. The van der Waals surface area contributed by atoms with Gasteiger partial charge in [0.1, 0.15) is 0 Å². The Morgan fingerprint density at radius 3 is 1.33 bits per heavy atom. The van der Waals surface area contributed by atoms with Gasteiger partial charge >= 0.3 is 0 Å². The van der Waals surface area contributed by atoms with Gasteiger partial charge in [-0.15, -0.1) is 0 Å². The topological polar surface area (TPSA) is 14.8 Å². The Morgan fingerprint density at radius 2 is 0.683 bits per heavy atom. The molecule has 0 unspecified atom stereocenters. The molecule has 0 aliphatic heterocycles. The molecule has 0 saturated heterocycles. The zero-order valence-electron chi connectivity index (χ0n) is 67.6. The molecule has 294 valence electrons. The van der Waals surface area contributed by atoms with E-state index in [0.717, 1.165) is 31.9 Å². The quantitative estimate of drug-likeness (QED) is 0.158. The largest absolute Gasteiger partial charge is 0.309 e. The van der Waals surface area contributed by atoms with Crippen LogP contribution in [0.5, 0.6) is 0 Å². The molecule has 13 aromatic rings. The summed E-state index contributed by atoms with van der Waals surface area (Å²) in [6.07, 6.45) is 0. The SMILES string of the molecule is [2H]c1c([2H])c([2H])c(-c2cc(-c3c([2H])c([2H])c([2H])c(-c4c([2H])c([2H])c([2H])c([2H])c4[2H])c3[2H])cc(-n3c4c([2H])c([2H])c([2H])c([2H])c4c4c(-n5c6c([2H])c([2H])c([2H])c([2H])c6c6c([2H])c([2H])c([2H])c(-n7c8c([2H])c([2H])c([2H])c([2H])c8c8c([2H])c([2H])c([2H])c([2H])c87)c65)c([2H])c([2H])c([2H])c43)c2)c([2H])c1[2H]. The molecule has 0 spiro atoms. The van der Waals surface area contributed by atoms with Crippen LogP contribution in [0.2, 0.25) is 0 Å². The summed E-state index contributed by atoms with van der Waals surface area (Å²) in [7, 11) is 0. The molecule has 3 heterocycles. The highest BCUT2D eigenvalue weighted by Crippen LogP contribution is 2.44. The van der Waals surface area contributed by atoms with Gasteiger partial charge in [-0.1, -0.05) is 169 Å². The maximum atomic E-state index is 10.1. The van der Waals surface area contributed by atoms with Crippen molar-refractivity contribution in [1.29, 1.82) is 0 Å². The fraction of sp³-hybridized carbons (Fsp3) is 0. The Balaban J connectivity index is 1.32. The van der Waals surface area contributed by atoms with E-state index < -0.39 is 333 Å². The third-order valence-electron chi connectivity index (χ3n) is 10.5. The fourth-order valence-corrected chi connectivity index (χ4v) is 7.98. The van der Waals surface area contributed by atoms with E-state index >= 15 is 0 Å². The number of nitrogens with zero attached hydrogens (tertiary/aromatic N) is 3. The maximum absolute atomic E-state index is 10.1. The zero-order chi connectivity index (χ0) is 72.8. The molecule has 0 aliphatic rings. The molecule has 0 radical (unpaired) electrons. The third-order valence-corrected chi connectivity index (χ3v) is 10.5. The van der Waals surface area contributed by atoms with Crippen LogP contribution in [0.25, 0.3) is 116 Å². The van der Waals surface area contributed by atoms with Crippen molar-refractivity contribution >= 4 is 65.4 Å². The van der Waals surface area contributed by atoms with E-state index in [4.69, 9.17) is 21.9 Å². The molecule has 0 aliphatic carbocycles. The summed E-state index contributed by atoms with van der Waals surface area (Å²) in [5.41, 5.74) is -10.7. The van der Waals surface area contributed by atoms with Crippen LogP contribution < -0.4 is 0 Å². The van der Waals surface area contributed by atoms with Crippen molar-refractivity contribution in [1.82, 2.24) is 13.7 Å². The average Bonchev–Trinajstić information content (AvgIpc) is 1.53. The van der Waals surface area contributed by atoms with Crippen LogP contribution in [0, 0.1) is 0 Å². The molecule has 0 atom stereocenters. The Bertz CT molecular complexity index is 5920. The van der Waals surface area contributed by atoms with Gasteiger partial charge in [-0.3, -0.25) is 0 Å². The summed E-state index contributed by atoms with van der Waals surface area (Å²) in [4.78, 5) is 0. The van der Waals surface area contributed by atoms with Crippen LogP contribution in [-0.4, -0.2) is 13.7 Å². The molecular weight excluding hydrogens is 763 g/mol. The van der Waals surface area contributed by atoms with Gasteiger partial charge in [0.05, 0.1) is 93.8 Å². The van der Waals surface area contributed by atoms with E-state index in [1.807, 2.05) is 0 Å². The van der Waals surface area contributed by atoms with Crippen molar-refractivity contribution in [3.8, 4) is 50.4 Å². The lowest BCUT2D eigenvalue weighted by Crippen LogP contribution is -2.01. The zero-order valence-corrected chi connectivity index (χ0v) is 31.6.